The van der Waals surface area contributed by atoms with Crippen LogP contribution in [0.2, 0.25) is 5.15 Å². The van der Waals surface area contributed by atoms with Gasteiger partial charge in [0.1, 0.15) is 11.3 Å². The van der Waals surface area contributed by atoms with Gasteiger partial charge in [-0.05, 0) is 19.1 Å². The van der Waals surface area contributed by atoms with E-state index >= 15 is 0 Å². The van der Waals surface area contributed by atoms with E-state index in [1.807, 2.05) is 10.8 Å². The summed E-state index contributed by atoms with van der Waals surface area (Å²) in [6, 6.07) is 0. The van der Waals surface area contributed by atoms with Crippen LogP contribution < -0.4 is 0 Å². The lowest BCUT2D eigenvalue weighted by Crippen LogP contribution is -2.09. The molecule has 2 heterocycles. The van der Waals surface area contributed by atoms with Gasteiger partial charge in [0, 0.05) is 5.41 Å². The first-order valence-corrected chi connectivity index (χ1v) is 6.70. The van der Waals surface area contributed by atoms with Crippen molar-refractivity contribution in [1.82, 2.24) is 19.6 Å². The van der Waals surface area contributed by atoms with Crippen LogP contribution in [0.15, 0.2) is 11.4 Å². The first-order chi connectivity index (χ1) is 7.64. The van der Waals surface area contributed by atoms with E-state index in [0.29, 0.717) is 5.15 Å². The Kier molecular flexibility index (Phi) is 2.16. The molecule has 0 bridgehead atoms. The predicted molar refractivity (Wildman–Crippen MR) is 64.2 cm³/mol. The molecule has 0 spiro atoms. The zero-order valence-corrected chi connectivity index (χ0v) is 10.6. The van der Waals surface area contributed by atoms with Crippen LogP contribution >= 0.6 is 23.4 Å². The maximum absolute atomic E-state index is 6.09. The summed E-state index contributed by atoms with van der Waals surface area (Å²) in [4.78, 5) is 8.62. The fraction of sp³-hybridized carbons (Fsp3) is 0.500. The monoisotopic (exact) mass is 254 g/mol. The van der Waals surface area contributed by atoms with E-state index in [4.69, 9.17) is 11.6 Å². The first-order valence-electron chi connectivity index (χ1n) is 5.10. The van der Waals surface area contributed by atoms with E-state index in [2.05, 4.69) is 22.0 Å². The number of thioether (sulfide) groups is 1. The smallest absolute Gasteiger partial charge is 0.207 e. The van der Waals surface area contributed by atoms with E-state index in [1.165, 1.54) is 11.8 Å². The van der Waals surface area contributed by atoms with E-state index in [1.54, 1.807) is 6.20 Å². The summed E-state index contributed by atoms with van der Waals surface area (Å²) in [7, 11) is 0. The molecule has 1 aliphatic carbocycles. The van der Waals surface area contributed by atoms with Crippen LogP contribution in [0.25, 0.3) is 5.52 Å². The summed E-state index contributed by atoms with van der Waals surface area (Å²) in [5.41, 5.74) is 0.947. The highest BCUT2D eigenvalue weighted by Crippen LogP contribution is 2.47. The van der Waals surface area contributed by atoms with Gasteiger partial charge in [-0.3, -0.25) is 0 Å². The third-order valence-corrected chi connectivity index (χ3v) is 3.88. The van der Waals surface area contributed by atoms with Gasteiger partial charge in [0.05, 0.1) is 6.20 Å². The standard InChI is InChI=1S/C10H11ClN4S/c1-10(3-4-10)8-13-7(11)6-5-12-9(16-2)14-15(6)8/h5H,3-4H2,1-2H3. The maximum Gasteiger partial charge on any atom is 0.207 e. The van der Waals surface area contributed by atoms with Crippen molar-refractivity contribution in [2.45, 2.75) is 30.3 Å². The van der Waals surface area contributed by atoms with Gasteiger partial charge in [0.2, 0.25) is 5.16 Å². The van der Waals surface area contributed by atoms with Crippen molar-refractivity contribution in [3.8, 4) is 0 Å². The molecule has 0 amide bonds. The number of imidazole rings is 1. The van der Waals surface area contributed by atoms with Gasteiger partial charge < -0.3 is 0 Å². The van der Waals surface area contributed by atoms with Crippen molar-refractivity contribution >= 4 is 28.9 Å². The molecule has 0 N–H and O–H groups in total. The Balaban J connectivity index is 2.28. The van der Waals surface area contributed by atoms with Crippen LogP contribution in [0.4, 0.5) is 0 Å². The molecule has 0 unspecified atom stereocenters. The molecular weight excluding hydrogens is 244 g/mol. The number of hydrogen-bond donors (Lipinski definition) is 0. The number of halogens is 1. The minimum absolute atomic E-state index is 0.153. The molecule has 2 aromatic rings. The minimum atomic E-state index is 0.153. The number of rotatable bonds is 2. The van der Waals surface area contributed by atoms with E-state index < -0.39 is 0 Å². The predicted octanol–water partition coefficient (Wildman–Crippen LogP) is 2.55. The normalized spacial score (nSPS) is 17.9. The van der Waals surface area contributed by atoms with Crippen LogP contribution in [0.1, 0.15) is 25.6 Å². The summed E-state index contributed by atoms with van der Waals surface area (Å²) < 4.78 is 1.84. The molecule has 3 rings (SSSR count). The van der Waals surface area contributed by atoms with Gasteiger partial charge >= 0.3 is 0 Å². The Morgan fingerprint density at radius 2 is 2.25 bits per heavy atom. The molecule has 0 aromatic carbocycles. The molecule has 0 atom stereocenters. The van der Waals surface area contributed by atoms with Crippen molar-refractivity contribution in [2.75, 3.05) is 6.26 Å². The summed E-state index contributed by atoms with van der Waals surface area (Å²) in [6.07, 6.45) is 6.00. The topological polar surface area (TPSA) is 43.1 Å². The maximum atomic E-state index is 6.09. The molecule has 2 aromatic heterocycles. The van der Waals surface area contributed by atoms with E-state index in [9.17, 15) is 0 Å². The fourth-order valence-electron chi connectivity index (χ4n) is 1.73. The van der Waals surface area contributed by atoms with Crippen molar-refractivity contribution < 1.29 is 0 Å². The summed E-state index contributed by atoms with van der Waals surface area (Å²) in [6.45, 7) is 2.19. The summed E-state index contributed by atoms with van der Waals surface area (Å²) in [5, 5.41) is 5.68. The lowest BCUT2D eigenvalue weighted by Gasteiger charge is -2.05. The second-order valence-corrected chi connectivity index (χ2v) is 5.46. The zero-order chi connectivity index (χ0) is 11.3. The van der Waals surface area contributed by atoms with Gasteiger partial charge in [0.25, 0.3) is 0 Å². The third-order valence-electron chi connectivity index (χ3n) is 3.05. The van der Waals surface area contributed by atoms with Gasteiger partial charge in [-0.25, -0.2) is 14.5 Å². The lowest BCUT2D eigenvalue weighted by atomic mass is 10.1. The second kappa shape index (κ2) is 3.34. The molecule has 0 aliphatic heterocycles. The molecule has 0 saturated heterocycles. The highest BCUT2D eigenvalue weighted by molar-refractivity contribution is 7.98. The molecule has 4 nitrogen and oxygen atoms in total. The highest BCUT2D eigenvalue weighted by atomic mass is 35.5. The highest BCUT2D eigenvalue weighted by Gasteiger charge is 2.43. The molecular formula is C10H11ClN4S. The van der Waals surface area contributed by atoms with Crippen molar-refractivity contribution in [2.24, 2.45) is 0 Å². The van der Waals surface area contributed by atoms with Crippen LogP contribution in [-0.4, -0.2) is 25.8 Å². The van der Waals surface area contributed by atoms with Crippen LogP contribution in [0, 0.1) is 0 Å². The first kappa shape index (κ1) is 10.4. The fourth-order valence-corrected chi connectivity index (χ4v) is 2.26. The molecule has 84 valence electrons. The summed E-state index contributed by atoms with van der Waals surface area (Å²) in [5.74, 6) is 0.963. The Bertz CT molecular complexity index is 561. The molecule has 0 radical (unpaired) electrons. The SMILES string of the molecule is CSc1ncc2c(Cl)nc(C3(C)CC3)n2n1. The van der Waals surface area contributed by atoms with Crippen molar-refractivity contribution in [3.63, 3.8) is 0 Å². The van der Waals surface area contributed by atoms with Crippen LogP contribution in [0.3, 0.4) is 0 Å². The van der Waals surface area contributed by atoms with Gasteiger partial charge in [-0.2, -0.15) is 0 Å². The lowest BCUT2D eigenvalue weighted by molar-refractivity contribution is 0.650. The Morgan fingerprint density at radius 1 is 1.50 bits per heavy atom. The largest absolute Gasteiger partial charge is 0.227 e. The van der Waals surface area contributed by atoms with Crippen molar-refractivity contribution in [1.29, 1.82) is 0 Å². The van der Waals surface area contributed by atoms with Gasteiger partial charge in [-0.15, -0.1) is 5.10 Å². The zero-order valence-electron chi connectivity index (χ0n) is 9.07. The molecule has 6 heteroatoms. The Hall–Kier alpha value is -0.810. The number of hydrogen-bond acceptors (Lipinski definition) is 4. The molecule has 16 heavy (non-hydrogen) atoms. The van der Waals surface area contributed by atoms with Crippen LogP contribution in [-0.2, 0) is 5.41 Å². The van der Waals surface area contributed by atoms with E-state index in [-0.39, 0.29) is 5.41 Å². The Labute approximate surface area is 102 Å². The average Bonchev–Trinajstić information content (AvgIpc) is 2.95. The van der Waals surface area contributed by atoms with Crippen LogP contribution in [0.5, 0.6) is 0 Å². The Morgan fingerprint density at radius 3 is 2.88 bits per heavy atom. The minimum Gasteiger partial charge on any atom is -0.227 e. The van der Waals surface area contributed by atoms with E-state index in [0.717, 1.165) is 29.3 Å². The van der Waals surface area contributed by atoms with Crippen molar-refractivity contribution in [3.05, 3.63) is 17.2 Å². The second-order valence-electron chi connectivity index (χ2n) is 4.33. The third kappa shape index (κ3) is 1.42. The quantitative estimate of drug-likeness (QED) is 0.773. The molecule has 1 saturated carbocycles. The number of aromatic nitrogens is 4. The van der Waals surface area contributed by atoms with Gasteiger partial charge in [0.15, 0.2) is 5.15 Å². The average molecular weight is 255 g/mol. The molecule has 1 fully saturated rings. The molecule has 1 aliphatic rings. The number of nitrogens with zero attached hydrogens (tertiary/aromatic N) is 4. The summed E-state index contributed by atoms with van der Waals surface area (Å²) >= 11 is 7.61. The van der Waals surface area contributed by atoms with Gasteiger partial charge in [-0.1, -0.05) is 30.3 Å². The number of fused-ring (bicyclic) bond motifs is 1.